The maximum atomic E-state index is 9.42. The predicted octanol–water partition coefficient (Wildman–Crippen LogP) is 1.35. The third kappa shape index (κ3) is 2.36. The van der Waals surface area contributed by atoms with E-state index in [0.29, 0.717) is 0 Å². The van der Waals surface area contributed by atoms with Gasteiger partial charge in [-0.2, -0.15) is 0 Å². The van der Waals surface area contributed by atoms with E-state index in [1.165, 1.54) is 13.3 Å². The molecule has 0 radical (unpaired) electrons. The molecule has 0 saturated heterocycles. The highest BCUT2D eigenvalue weighted by Crippen LogP contribution is 2.08. The van der Waals surface area contributed by atoms with Crippen LogP contribution in [0.15, 0.2) is 35.5 Å². The Kier molecular flexibility index (Phi) is 3.29. The molecule has 0 aliphatic rings. The molecule has 3 nitrogen and oxygen atoms in total. The monoisotopic (exact) mass is 165 g/mol. The van der Waals surface area contributed by atoms with Crippen LogP contribution in [-0.4, -0.2) is 18.4 Å². The third-order valence-corrected chi connectivity index (χ3v) is 1.45. The van der Waals surface area contributed by atoms with E-state index in [-0.39, 0.29) is 0 Å². The minimum Gasteiger partial charge on any atom is -0.399 e. The largest absolute Gasteiger partial charge is 0.399 e. The van der Waals surface area contributed by atoms with E-state index < -0.39 is 6.10 Å². The fraction of sp³-hybridized carbons (Fsp3) is 0.222. The zero-order chi connectivity index (χ0) is 8.81. The van der Waals surface area contributed by atoms with Gasteiger partial charge in [0.15, 0.2) is 0 Å². The average Bonchev–Trinajstić information content (AvgIpc) is 2.15. The molecule has 1 rings (SSSR count). The van der Waals surface area contributed by atoms with Crippen LogP contribution in [0.1, 0.15) is 11.7 Å². The van der Waals surface area contributed by atoms with Gasteiger partial charge in [0.2, 0.25) is 0 Å². The van der Waals surface area contributed by atoms with Crippen molar-refractivity contribution in [1.82, 2.24) is 0 Å². The van der Waals surface area contributed by atoms with Gasteiger partial charge >= 0.3 is 0 Å². The topological polar surface area (TPSA) is 41.8 Å². The lowest BCUT2D eigenvalue weighted by Crippen LogP contribution is -1.97. The molecule has 1 atom stereocenters. The summed E-state index contributed by atoms with van der Waals surface area (Å²) in [6.45, 7) is 0. The van der Waals surface area contributed by atoms with Crippen molar-refractivity contribution >= 4 is 6.21 Å². The normalized spacial score (nSPS) is 13.2. The standard InChI is InChI=1S/C9H11NO2/c1-12-10-7-9(11)8-5-3-2-4-6-8/h2-7,9,11H,1H3/b10-7+. The summed E-state index contributed by atoms with van der Waals surface area (Å²) in [6.07, 6.45) is 0.654. The first-order valence-electron chi connectivity index (χ1n) is 3.64. The smallest absolute Gasteiger partial charge is 0.117 e. The van der Waals surface area contributed by atoms with Crippen LogP contribution in [0.25, 0.3) is 0 Å². The number of hydrogen-bond donors (Lipinski definition) is 1. The van der Waals surface area contributed by atoms with Gasteiger partial charge in [-0.15, -0.1) is 0 Å². The number of nitrogens with zero attached hydrogens (tertiary/aromatic N) is 1. The highest BCUT2D eigenvalue weighted by molar-refractivity contribution is 5.64. The molecule has 0 saturated carbocycles. The van der Waals surface area contributed by atoms with E-state index in [4.69, 9.17) is 0 Å². The molecule has 0 fully saturated rings. The van der Waals surface area contributed by atoms with Crippen LogP contribution in [0.2, 0.25) is 0 Å². The number of benzene rings is 1. The van der Waals surface area contributed by atoms with Gasteiger partial charge in [-0.1, -0.05) is 35.5 Å². The molecule has 0 bridgehead atoms. The average molecular weight is 165 g/mol. The van der Waals surface area contributed by atoms with Gasteiger partial charge in [-0.05, 0) is 5.56 Å². The quantitative estimate of drug-likeness (QED) is 0.542. The van der Waals surface area contributed by atoms with Gasteiger partial charge in [-0.3, -0.25) is 0 Å². The van der Waals surface area contributed by atoms with E-state index in [1.807, 2.05) is 30.3 Å². The molecular weight excluding hydrogens is 154 g/mol. The van der Waals surface area contributed by atoms with Crippen LogP contribution in [0.4, 0.5) is 0 Å². The molecule has 64 valence electrons. The molecule has 12 heavy (non-hydrogen) atoms. The van der Waals surface area contributed by atoms with Crippen molar-refractivity contribution in [3.8, 4) is 0 Å². The summed E-state index contributed by atoms with van der Waals surface area (Å²) < 4.78 is 0. The number of aliphatic hydroxyl groups excluding tert-OH is 1. The molecule has 1 aromatic carbocycles. The van der Waals surface area contributed by atoms with E-state index in [1.54, 1.807) is 0 Å². The second-order valence-corrected chi connectivity index (χ2v) is 2.29. The molecule has 0 spiro atoms. The highest BCUT2D eigenvalue weighted by Gasteiger charge is 2.01. The highest BCUT2D eigenvalue weighted by atomic mass is 16.6. The fourth-order valence-electron chi connectivity index (χ4n) is 0.855. The minimum atomic E-state index is -0.689. The molecule has 3 heteroatoms. The fourth-order valence-corrected chi connectivity index (χ4v) is 0.855. The van der Waals surface area contributed by atoms with Gasteiger partial charge in [0, 0.05) is 0 Å². The van der Waals surface area contributed by atoms with Gasteiger partial charge in [0.25, 0.3) is 0 Å². The maximum Gasteiger partial charge on any atom is 0.117 e. The number of hydrogen-bond acceptors (Lipinski definition) is 3. The SMILES string of the molecule is CO/N=C/C(O)c1ccccc1. The lowest BCUT2D eigenvalue weighted by Gasteiger charge is -2.02. The Morgan fingerprint density at radius 3 is 2.67 bits per heavy atom. The minimum absolute atomic E-state index is 0.689. The first-order chi connectivity index (χ1) is 5.84. The Labute approximate surface area is 71.3 Å². The second kappa shape index (κ2) is 4.51. The Morgan fingerprint density at radius 1 is 1.42 bits per heavy atom. The van der Waals surface area contributed by atoms with E-state index in [9.17, 15) is 5.11 Å². The predicted molar refractivity (Wildman–Crippen MR) is 46.9 cm³/mol. The lowest BCUT2D eigenvalue weighted by atomic mass is 10.1. The van der Waals surface area contributed by atoms with Gasteiger partial charge in [-0.25, -0.2) is 0 Å². The summed E-state index contributed by atoms with van der Waals surface area (Å²) in [7, 11) is 1.44. The second-order valence-electron chi connectivity index (χ2n) is 2.29. The summed E-state index contributed by atoms with van der Waals surface area (Å²) >= 11 is 0. The summed E-state index contributed by atoms with van der Waals surface area (Å²) in [5.41, 5.74) is 0.804. The molecule has 0 aliphatic carbocycles. The Balaban J connectivity index is 2.65. The summed E-state index contributed by atoms with van der Waals surface area (Å²) in [5.74, 6) is 0. The zero-order valence-corrected chi connectivity index (χ0v) is 6.84. The van der Waals surface area contributed by atoms with E-state index in [0.717, 1.165) is 5.56 Å². The first-order valence-corrected chi connectivity index (χ1v) is 3.64. The van der Waals surface area contributed by atoms with Crippen molar-refractivity contribution in [2.24, 2.45) is 5.16 Å². The Bertz CT molecular complexity index is 246. The summed E-state index contributed by atoms with van der Waals surface area (Å²) in [4.78, 5) is 4.44. The Morgan fingerprint density at radius 2 is 2.08 bits per heavy atom. The molecule has 0 aromatic heterocycles. The van der Waals surface area contributed by atoms with Crippen molar-refractivity contribution in [3.63, 3.8) is 0 Å². The van der Waals surface area contributed by atoms with Crippen molar-refractivity contribution in [2.45, 2.75) is 6.10 Å². The molecule has 1 aromatic rings. The van der Waals surface area contributed by atoms with Crippen LogP contribution in [0.5, 0.6) is 0 Å². The van der Waals surface area contributed by atoms with Crippen molar-refractivity contribution in [3.05, 3.63) is 35.9 Å². The van der Waals surface area contributed by atoms with Crippen molar-refractivity contribution in [1.29, 1.82) is 0 Å². The number of rotatable bonds is 3. The third-order valence-electron chi connectivity index (χ3n) is 1.45. The number of oxime groups is 1. The molecule has 0 aliphatic heterocycles. The zero-order valence-electron chi connectivity index (χ0n) is 6.84. The summed E-state index contributed by atoms with van der Waals surface area (Å²) in [6, 6.07) is 9.26. The van der Waals surface area contributed by atoms with Crippen molar-refractivity contribution < 1.29 is 9.94 Å². The molecular formula is C9H11NO2. The summed E-state index contributed by atoms with van der Waals surface area (Å²) in [5, 5.41) is 12.9. The number of aliphatic hydroxyl groups is 1. The maximum absolute atomic E-state index is 9.42. The van der Waals surface area contributed by atoms with Crippen LogP contribution in [0, 0.1) is 0 Å². The van der Waals surface area contributed by atoms with E-state index in [2.05, 4.69) is 9.99 Å². The lowest BCUT2D eigenvalue weighted by molar-refractivity contribution is 0.200. The van der Waals surface area contributed by atoms with Crippen molar-refractivity contribution in [2.75, 3.05) is 7.11 Å². The van der Waals surface area contributed by atoms with Crippen LogP contribution in [0.3, 0.4) is 0 Å². The first kappa shape index (κ1) is 8.74. The van der Waals surface area contributed by atoms with Gasteiger partial charge in [0.1, 0.15) is 13.2 Å². The van der Waals surface area contributed by atoms with Gasteiger partial charge < -0.3 is 9.94 Å². The van der Waals surface area contributed by atoms with Crippen LogP contribution in [-0.2, 0) is 4.84 Å². The molecule has 1 N–H and O–H groups in total. The Hall–Kier alpha value is -1.35. The van der Waals surface area contributed by atoms with Crippen LogP contribution >= 0.6 is 0 Å². The molecule has 0 amide bonds. The molecule has 0 heterocycles. The van der Waals surface area contributed by atoms with E-state index >= 15 is 0 Å². The van der Waals surface area contributed by atoms with Gasteiger partial charge in [0.05, 0.1) is 6.21 Å². The van der Waals surface area contributed by atoms with Crippen LogP contribution < -0.4 is 0 Å². The molecule has 1 unspecified atom stereocenters.